The molecule has 0 aliphatic carbocycles. The number of nitrogen functional groups attached to an aromatic ring is 1. The van der Waals surface area contributed by atoms with Crippen molar-refractivity contribution in [2.24, 2.45) is 0 Å². The number of carbonyl (C=O) groups excluding carboxylic acids is 1. The summed E-state index contributed by atoms with van der Waals surface area (Å²) in [5.41, 5.74) is 9.60. The smallest absolute Gasteiger partial charge is 0.410 e. The molecule has 0 aliphatic rings. The molecule has 0 aromatic carbocycles. The molecule has 1 amide bonds. The third-order valence-corrected chi connectivity index (χ3v) is 6.04. The van der Waals surface area contributed by atoms with Gasteiger partial charge in [0.15, 0.2) is 5.82 Å². The van der Waals surface area contributed by atoms with Crippen molar-refractivity contribution in [2.75, 3.05) is 12.3 Å². The number of allylic oxidation sites excluding steroid dienone is 1. The maximum atomic E-state index is 12.7. The number of anilines is 1. The summed E-state index contributed by atoms with van der Waals surface area (Å²) in [6.07, 6.45) is 1.32. The quantitative estimate of drug-likeness (QED) is 0.446. The van der Waals surface area contributed by atoms with Crippen LogP contribution < -0.4 is 5.73 Å². The van der Waals surface area contributed by atoms with Crippen molar-refractivity contribution in [3.8, 4) is 10.6 Å². The Morgan fingerprint density at radius 2 is 2.12 bits per heavy atom. The molecule has 0 fully saturated rings. The molecule has 32 heavy (non-hydrogen) atoms. The number of carbonyl (C=O) groups is 1. The second-order valence-corrected chi connectivity index (χ2v) is 9.64. The van der Waals surface area contributed by atoms with E-state index in [1.54, 1.807) is 22.4 Å². The van der Waals surface area contributed by atoms with Crippen LogP contribution in [-0.4, -0.2) is 47.9 Å². The van der Waals surface area contributed by atoms with Gasteiger partial charge in [0.1, 0.15) is 16.9 Å². The van der Waals surface area contributed by atoms with Gasteiger partial charge in [0.2, 0.25) is 0 Å². The number of pyridine rings is 1. The van der Waals surface area contributed by atoms with E-state index in [1.807, 2.05) is 51.3 Å². The average molecular weight is 454 g/mol. The fourth-order valence-corrected chi connectivity index (χ4v) is 4.63. The van der Waals surface area contributed by atoms with E-state index in [4.69, 9.17) is 15.5 Å². The first-order valence-corrected chi connectivity index (χ1v) is 11.1. The number of hydrogen-bond donors (Lipinski definition) is 2. The van der Waals surface area contributed by atoms with Gasteiger partial charge in [-0.3, -0.25) is 9.67 Å². The third kappa shape index (κ3) is 3.93. The van der Waals surface area contributed by atoms with Crippen molar-refractivity contribution in [1.82, 2.24) is 29.6 Å². The molecule has 4 aromatic heterocycles. The van der Waals surface area contributed by atoms with Gasteiger partial charge in [-0.2, -0.15) is 5.10 Å². The fraction of sp³-hybridized carbons (Fsp3) is 0.364. The monoisotopic (exact) mass is 453 g/mol. The Bertz CT molecular complexity index is 1310. The number of hydrogen-bond acceptors (Lipinski definition) is 7. The minimum Gasteiger partial charge on any atom is -0.444 e. The molecule has 4 rings (SSSR count). The number of nitrogens with one attached hydrogen (secondary N) is 1. The number of amides is 1. The molecule has 0 saturated carbocycles. The summed E-state index contributed by atoms with van der Waals surface area (Å²) in [6, 6.07) is 3.89. The molecule has 0 atom stereocenters. The number of fused-ring (bicyclic) bond motifs is 3. The van der Waals surface area contributed by atoms with Crippen LogP contribution in [0.3, 0.4) is 0 Å². The lowest BCUT2D eigenvalue weighted by molar-refractivity contribution is 0.0239. The van der Waals surface area contributed by atoms with Crippen molar-refractivity contribution in [1.29, 1.82) is 0 Å². The van der Waals surface area contributed by atoms with E-state index in [9.17, 15) is 4.79 Å². The molecule has 0 unspecified atom stereocenters. The third-order valence-electron chi connectivity index (χ3n) is 4.87. The lowest BCUT2D eigenvalue weighted by atomic mass is 10.2. The normalized spacial score (nSPS) is 11.9. The van der Waals surface area contributed by atoms with Crippen molar-refractivity contribution in [3.63, 3.8) is 0 Å². The van der Waals surface area contributed by atoms with Gasteiger partial charge < -0.3 is 15.4 Å². The molecule has 0 spiro atoms. The highest BCUT2D eigenvalue weighted by Crippen LogP contribution is 2.39. The predicted molar refractivity (Wildman–Crippen MR) is 128 cm³/mol. The number of rotatable bonds is 5. The Morgan fingerprint density at radius 3 is 2.72 bits per heavy atom. The molecular formula is C22H27N7O2S. The summed E-state index contributed by atoms with van der Waals surface area (Å²) < 4.78 is 8.46. The fourth-order valence-electron chi connectivity index (χ4n) is 3.52. The van der Waals surface area contributed by atoms with Crippen molar-refractivity contribution < 1.29 is 9.53 Å². The number of nitrogens with two attached hydrogens (primary N) is 1. The zero-order valence-electron chi connectivity index (χ0n) is 18.9. The summed E-state index contributed by atoms with van der Waals surface area (Å²) in [5, 5.41) is 7.03. The zero-order chi connectivity index (χ0) is 23.2. The van der Waals surface area contributed by atoms with Crippen LogP contribution in [-0.2, 0) is 11.3 Å². The lowest BCUT2D eigenvalue weighted by Crippen LogP contribution is -2.36. The highest BCUT2D eigenvalue weighted by Gasteiger charge is 2.25. The first kappa shape index (κ1) is 21.8. The van der Waals surface area contributed by atoms with Crippen LogP contribution in [0.25, 0.3) is 37.5 Å². The molecule has 10 heteroatoms. The zero-order valence-corrected chi connectivity index (χ0v) is 19.7. The Hall–Kier alpha value is -3.40. The van der Waals surface area contributed by atoms with Gasteiger partial charge in [-0.05, 0) is 46.8 Å². The van der Waals surface area contributed by atoms with Crippen LogP contribution in [0.5, 0.6) is 0 Å². The van der Waals surface area contributed by atoms with E-state index in [2.05, 4.69) is 21.8 Å². The van der Waals surface area contributed by atoms with Crippen molar-refractivity contribution >= 4 is 50.2 Å². The first-order valence-electron chi connectivity index (χ1n) is 10.3. The Morgan fingerprint density at radius 1 is 1.38 bits per heavy atom. The first-order chi connectivity index (χ1) is 15.1. The van der Waals surface area contributed by atoms with Crippen LogP contribution >= 0.6 is 11.3 Å². The molecule has 9 nitrogen and oxygen atoms in total. The molecule has 4 aromatic rings. The predicted octanol–water partition coefficient (Wildman–Crippen LogP) is 4.87. The minimum absolute atomic E-state index is 0.257. The molecule has 0 bridgehead atoms. The highest BCUT2D eigenvalue weighted by molar-refractivity contribution is 7.23. The molecule has 0 saturated heterocycles. The summed E-state index contributed by atoms with van der Waals surface area (Å²) >= 11 is 1.58. The van der Waals surface area contributed by atoms with Crippen molar-refractivity contribution in [3.05, 3.63) is 30.7 Å². The van der Waals surface area contributed by atoms with Gasteiger partial charge in [0.05, 0.1) is 32.8 Å². The van der Waals surface area contributed by atoms with Gasteiger partial charge >= 0.3 is 6.09 Å². The van der Waals surface area contributed by atoms with Crippen LogP contribution in [0, 0.1) is 0 Å². The van der Waals surface area contributed by atoms with E-state index >= 15 is 0 Å². The standard InChI is InChI=1S/C22H27N7O2S/c1-7-28(21(30)31-22(4,5)6)11-16-26-17-18(29(16)12(2)3)19-14(25-20(17)23)10-15(32-19)13-8-9-24-27-13/h8-10H,2,7,11H2,1,3-6H3,(H2,23,25)(H,24,27). The minimum atomic E-state index is -0.584. The maximum Gasteiger partial charge on any atom is 0.410 e. The van der Waals surface area contributed by atoms with Gasteiger partial charge in [0, 0.05) is 18.4 Å². The molecule has 0 radical (unpaired) electrons. The number of ether oxygens (including phenoxy) is 1. The Balaban J connectivity index is 1.86. The maximum absolute atomic E-state index is 12.7. The van der Waals surface area contributed by atoms with Gasteiger partial charge in [-0.1, -0.05) is 6.58 Å². The van der Waals surface area contributed by atoms with Crippen LogP contribution in [0.2, 0.25) is 0 Å². The van der Waals surface area contributed by atoms with E-state index in [0.717, 1.165) is 32.0 Å². The topological polar surface area (TPSA) is 115 Å². The van der Waals surface area contributed by atoms with Gasteiger partial charge in [-0.25, -0.2) is 14.8 Å². The summed E-state index contributed by atoms with van der Waals surface area (Å²) in [4.78, 5) is 24.7. The molecular weight excluding hydrogens is 426 g/mol. The SMILES string of the molecule is C=C(C)n1c(CN(CC)C(=O)OC(C)(C)C)nc2c(N)nc3cc(-c4ccn[nH]4)sc3c21. The molecule has 3 N–H and O–H groups in total. The molecule has 4 heterocycles. The second-order valence-electron chi connectivity index (χ2n) is 8.58. The number of aromatic amines is 1. The Kier molecular flexibility index (Phi) is 5.41. The van der Waals surface area contributed by atoms with Crippen LogP contribution in [0.1, 0.15) is 40.4 Å². The van der Waals surface area contributed by atoms with Gasteiger partial charge in [-0.15, -0.1) is 11.3 Å². The summed E-state index contributed by atoms with van der Waals surface area (Å²) in [5.74, 6) is 0.987. The average Bonchev–Trinajstić information content (AvgIpc) is 3.41. The number of H-pyrrole nitrogens is 1. The number of thiophene rings is 1. The largest absolute Gasteiger partial charge is 0.444 e. The van der Waals surface area contributed by atoms with Crippen LogP contribution in [0.15, 0.2) is 24.9 Å². The van der Waals surface area contributed by atoms with E-state index in [1.165, 1.54) is 0 Å². The van der Waals surface area contributed by atoms with E-state index in [-0.39, 0.29) is 6.54 Å². The number of nitrogens with zero attached hydrogens (tertiary/aromatic N) is 5. The molecule has 168 valence electrons. The van der Waals surface area contributed by atoms with Gasteiger partial charge in [0.25, 0.3) is 0 Å². The molecule has 0 aliphatic heterocycles. The number of aromatic nitrogens is 5. The highest BCUT2D eigenvalue weighted by atomic mass is 32.1. The lowest BCUT2D eigenvalue weighted by Gasteiger charge is -2.26. The van der Waals surface area contributed by atoms with Crippen LogP contribution in [0.4, 0.5) is 10.6 Å². The summed E-state index contributed by atoms with van der Waals surface area (Å²) in [6.45, 7) is 14.2. The van der Waals surface area contributed by atoms with E-state index in [0.29, 0.717) is 23.7 Å². The Labute approximate surface area is 189 Å². The van der Waals surface area contributed by atoms with Crippen molar-refractivity contribution in [2.45, 2.75) is 46.8 Å². The second kappa shape index (κ2) is 7.94. The van der Waals surface area contributed by atoms with E-state index < -0.39 is 11.7 Å². The summed E-state index contributed by atoms with van der Waals surface area (Å²) in [7, 11) is 0. The number of imidazole rings is 1.